The minimum atomic E-state index is -3.68. The lowest BCUT2D eigenvalue weighted by Gasteiger charge is -2.39. The Morgan fingerprint density at radius 2 is 1.74 bits per heavy atom. The molecule has 9 rings (SSSR count). The summed E-state index contributed by atoms with van der Waals surface area (Å²) in [6.07, 6.45) is 4.54. The van der Waals surface area contributed by atoms with Crippen LogP contribution in [0.25, 0.3) is 10.9 Å². The maximum atomic E-state index is 16.6. The van der Waals surface area contributed by atoms with E-state index in [1.165, 1.54) is 30.6 Å². The van der Waals surface area contributed by atoms with Crippen LogP contribution in [0.4, 0.5) is 36.1 Å². The molecule has 65 heavy (non-hydrogen) atoms. The summed E-state index contributed by atoms with van der Waals surface area (Å²) >= 11 is 5.99. The third-order valence-corrected chi connectivity index (χ3v) is 11.8. The topological polar surface area (TPSA) is 179 Å². The van der Waals surface area contributed by atoms with Gasteiger partial charge in [-0.2, -0.15) is 0 Å². The lowest BCUT2D eigenvalue weighted by Crippen LogP contribution is -2.54. The summed E-state index contributed by atoms with van der Waals surface area (Å²) in [4.78, 5) is 75.6. The first kappa shape index (κ1) is 35.2. The maximum Gasteiger partial charge on any atom is 0.265 e. The van der Waals surface area contributed by atoms with E-state index < -0.39 is 108 Å². The normalized spacial score (nSPS) is 26.0. The number of carbonyl (C=O) groups is 5. The number of piperazine rings is 1. The Kier molecular flexibility index (Phi) is 10.1. The highest BCUT2D eigenvalue weighted by Crippen LogP contribution is 2.38. The van der Waals surface area contributed by atoms with Gasteiger partial charge in [-0.1, -0.05) is 17.7 Å². The van der Waals surface area contributed by atoms with E-state index in [9.17, 15) is 28.4 Å². The average molecular weight is 924 g/mol. The fourth-order valence-electron chi connectivity index (χ4n) is 8.19. The minimum absolute atomic E-state index is 0.0983. The summed E-state index contributed by atoms with van der Waals surface area (Å²) in [7, 11) is 0. The molecule has 1 aromatic heterocycles. The van der Waals surface area contributed by atoms with Gasteiger partial charge in [-0.3, -0.25) is 44.0 Å². The van der Waals surface area contributed by atoms with Crippen molar-refractivity contribution in [2.24, 2.45) is 5.92 Å². The quantitative estimate of drug-likeness (QED) is 0.127. The first-order valence-corrected chi connectivity index (χ1v) is 21.1. The number of piperidine rings is 2. The van der Waals surface area contributed by atoms with Crippen molar-refractivity contribution in [3.05, 3.63) is 88.5 Å². The number of hydrogen-bond donors (Lipinski definition) is 3. The molecule has 6 heterocycles. The summed E-state index contributed by atoms with van der Waals surface area (Å²) in [6.45, 7) is -13.0. The van der Waals surface area contributed by atoms with Gasteiger partial charge in [0, 0.05) is 86.7 Å². The van der Waals surface area contributed by atoms with Crippen molar-refractivity contribution in [3.8, 4) is 5.75 Å². The molecule has 5 aliphatic heterocycles. The first-order valence-electron chi connectivity index (χ1n) is 24.7. The number of rotatable bonds is 12. The zero-order valence-corrected chi connectivity index (χ0v) is 35.0. The number of nitrogens with one attached hydrogen (secondary N) is 3. The third kappa shape index (κ3) is 9.36. The van der Waals surface area contributed by atoms with Gasteiger partial charge in [0.2, 0.25) is 17.7 Å². The number of hydrogen-bond acceptors (Lipinski definition) is 13. The Hall–Kier alpha value is -6.15. The number of carbonyl (C=O) groups excluding carboxylic acids is 5. The SMILES string of the molecule is [2H]C1([2H])N(CC2CCN(C/C=C/C(=O)Nc3cc4c(Nc5ccc(F)c(Cl)c5)ncnc4cc3O[C@H]3CCOC3)CC2)C([2H])([2H])C([2H])([2H])N(c2cc(F)c3c(c2F)C(=O)N(C2CCC(=O)NC2=O)C3=O)C1([2H])[2H]. The van der Waals surface area contributed by atoms with Gasteiger partial charge in [-0.25, -0.2) is 23.1 Å². The number of halogens is 4. The van der Waals surface area contributed by atoms with E-state index in [0.29, 0.717) is 84.3 Å². The van der Waals surface area contributed by atoms with Crippen LogP contribution in [0, 0.1) is 23.4 Å². The highest BCUT2D eigenvalue weighted by molar-refractivity contribution is 6.31. The second-order valence-corrected chi connectivity index (χ2v) is 16.3. The molecule has 340 valence electrons. The van der Waals surface area contributed by atoms with Gasteiger partial charge in [-0.05, 0) is 62.5 Å². The van der Waals surface area contributed by atoms with E-state index in [4.69, 9.17) is 32.0 Å². The lowest BCUT2D eigenvalue weighted by atomic mass is 9.96. The largest absolute Gasteiger partial charge is 0.486 e. The highest BCUT2D eigenvalue weighted by atomic mass is 35.5. The number of anilines is 4. The Morgan fingerprint density at radius 3 is 2.48 bits per heavy atom. The second-order valence-electron chi connectivity index (χ2n) is 15.9. The molecule has 5 aliphatic rings. The first-order chi connectivity index (χ1) is 34.4. The molecule has 0 bridgehead atoms. The van der Waals surface area contributed by atoms with Crippen LogP contribution in [-0.4, -0.2) is 132 Å². The summed E-state index contributed by atoms with van der Waals surface area (Å²) in [5.41, 5.74) is -2.61. The molecule has 1 unspecified atom stereocenters. The fourth-order valence-corrected chi connectivity index (χ4v) is 8.37. The number of nitrogens with zero attached hydrogens (tertiary/aromatic N) is 6. The molecule has 16 nitrogen and oxygen atoms in total. The van der Waals surface area contributed by atoms with Crippen LogP contribution in [0.15, 0.2) is 54.9 Å². The van der Waals surface area contributed by atoms with Crippen molar-refractivity contribution in [3.63, 3.8) is 0 Å². The van der Waals surface area contributed by atoms with Crippen molar-refractivity contribution in [1.29, 1.82) is 0 Å². The van der Waals surface area contributed by atoms with Crippen LogP contribution in [0.5, 0.6) is 5.75 Å². The van der Waals surface area contributed by atoms with Crippen molar-refractivity contribution < 1.29 is 57.6 Å². The smallest absolute Gasteiger partial charge is 0.265 e. The molecule has 20 heteroatoms. The monoisotopic (exact) mass is 923 g/mol. The predicted molar refractivity (Wildman–Crippen MR) is 233 cm³/mol. The molecule has 0 aliphatic carbocycles. The van der Waals surface area contributed by atoms with Gasteiger partial charge in [0.1, 0.15) is 41.7 Å². The van der Waals surface area contributed by atoms with E-state index in [1.807, 2.05) is 10.2 Å². The van der Waals surface area contributed by atoms with Gasteiger partial charge in [0.05, 0.1) is 51.7 Å². The Balaban J connectivity index is 0.866. The maximum absolute atomic E-state index is 16.6. The van der Waals surface area contributed by atoms with Crippen molar-refractivity contribution in [2.75, 3.05) is 80.9 Å². The van der Waals surface area contributed by atoms with Crippen LogP contribution in [0.2, 0.25) is 5.02 Å². The number of ether oxygens (including phenoxy) is 2. The van der Waals surface area contributed by atoms with Crippen molar-refractivity contribution >= 4 is 74.9 Å². The van der Waals surface area contributed by atoms with E-state index in [-0.39, 0.29) is 46.4 Å². The molecule has 2 atom stereocenters. The number of aromatic nitrogens is 2. The Bertz CT molecular complexity index is 2960. The zero-order chi connectivity index (χ0) is 52.5. The number of likely N-dealkylation sites (tertiary alicyclic amines) is 1. The Labute approximate surface area is 387 Å². The summed E-state index contributed by atoms with van der Waals surface area (Å²) in [6, 6.07) is 5.92. The predicted octanol–water partition coefficient (Wildman–Crippen LogP) is 5.04. The van der Waals surface area contributed by atoms with E-state index in [2.05, 4.69) is 20.6 Å². The zero-order valence-electron chi connectivity index (χ0n) is 42.3. The molecule has 0 radical (unpaired) electrons. The van der Waals surface area contributed by atoms with Crippen LogP contribution < -0.4 is 25.6 Å². The van der Waals surface area contributed by atoms with Gasteiger partial charge >= 0.3 is 0 Å². The standard InChI is InChI=1S/C45H45ClF3N9O7/c46-29-18-26(3-4-30(29)47)52-42-28-19-33(36(21-32(28)50-24-51-42)65-27-9-17-64-23-27)53-37(59)2-1-10-55-11-7-25(8-12-55)22-56-13-15-57(16-14-56)35-20-31(48)39-40(41(35)49)45(63)58(44(39)62)34-5-6-38(60)54-43(34)61/h1-4,18-21,24-25,27,34H,5-17,22-23H2,(H,53,59)(H,50,51,52)(H,54,60,61)/b2-1+/t27-,34?/m0/s1/i13D2,14D2,15D2,16D2. The number of amides is 5. The van der Waals surface area contributed by atoms with Crippen LogP contribution in [0.3, 0.4) is 0 Å². The van der Waals surface area contributed by atoms with Gasteiger partial charge in [-0.15, -0.1) is 0 Å². The summed E-state index contributed by atoms with van der Waals surface area (Å²) in [5, 5.41) is 8.29. The summed E-state index contributed by atoms with van der Waals surface area (Å²) in [5.74, 6) is -9.26. The number of imide groups is 2. The van der Waals surface area contributed by atoms with Crippen LogP contribution in [0.1, 0.15) is 63.8 Å². The number of fused-ring (bicyclic) bond motifs is 2. The molecule has 3 aromatic carbocycles. The van der Waals surface area contributed by atoms with Crippen molar-refractivity contribution in [2.45, 2.75) is 44.2 Å². The van der Waals surface area contributed by atoms with Crippen LogP contribution in [-0.2, 0) is 19.1 Å². The minimum Gasteiger partial charge on any atom is -0.486 e. The molecule has 0 saturated carbocycles. The lowest BCUT2D eigenvalue weighted by molar-refractivity contribution is -0.136. The van der Waals surface area contributed by atoms with Gasteiger partial charge in [0.15, 0.2) is 5.82 Å². The molecule has 4 aromatic rings. The Morgan fingerprint density at radius 1 is 0.954 bits per heavy atom. The average Bonchev–Trinajstić information content (AvgIpc) is 3.93. The molecular formula is C45H45ClF3N9O7. The van der Waals surface area contributed by atoms with E-state index in [0.717, 1.165) is 0 Å². The van der Waals surface area contributed by atoms with E-state index in [1.54, 1.807) is 18.2 Å². The van der Waals surface area contributed by atoms with E-state index >= 15 is 8.78 Å². The molecule has 0 spiro atoms. The molecule has 4 saturated heterocycles. The highest BCUT2D eigenvalue weighted by Gasteiger charge is 2.48. The molecule has 4 fully saturated rings. The third-order valence-electron chi connectivity index (χ3n) is 11.6. The van der Waals surface area contributed by atoms with Crippen molar-refractivity contribution in [1.82, 2.24) is 30.0 Å². The van der Waals surface area contributed by atoms with Crippen LogP contribution >= 0.6 is 11.6 Å². The molecule has 3 N–H and O–H groups in total. The number of benzene rings is 3. The molecule has 5 amide bonds. The molecular weight excluding hydrogens is 871 g/mol. The summed E-state index contributed by atoms with van der Waals surface area (Å²) < 4.78 is 130. The van der Waals surface area contributed by atoms with Gasteiger partial charge < -0.3 is 25.0 Å². The van der Waals surface area contributed by atoms with Gasteiger partial charge in [0.25, 0.3) is 11.8 Å². The fraction of sp³-hybridized carbons (Fsp3) is 0.400. The second kappa shape index (κ2) is 18.8.